The van der Waals surface area contributed by atoms with Crippen LogP contribution in [0.2, 0.25) is 5.15 Å². The molecule has 0 spiro atoms. The third-order valence-corrected chi connectivity index (χ3v) is 1.76. The van der Waals surface area contributed by atoms with Gasteiger partial charge in [-0.3, -0.25) is 4.98 Å². The highest BCUT2D eigenvalue weighted by Crippen LogP contribution is 2.02. The Labute approximate surface area is 88.2 Å². The Kier molecular flexibility index (Phi) is 5.44. The zero-order valence-electron chi connectivity index (χ0n) is 8.07. The van der Waals surface area contributed by atoms with E-state index in [1.807, 2.05) is 0 Å². The molecule has 1 rings (SSSR count). The molecular weight excluding hydrogens is 204 g/mol. The van der Waals surface area contributed by atoms with Gasteiger partial charge in [0.25, 0.3) is 0 Å². The summed E-state index contributed by atoms with van der Waals surface area (Å²) in [4.78, 5) is 7.94. The van der Waals surface area contributed by atoms with E-state index in [1.54, 1.807) is 13.3 Å². The second kappa shape index (κ2) is 6.70. The number of hydrogen-bond donors (Lipinski definition) is 0. The number of ether oxygens (including phenoxy) is 2. The number of halogens is 1. The van der Waals surface area contributed by atoms with Crippen LogP contribution in [0.15, 0.2) is 12.4 Å². The fourth-order valence-corrected chi connectivity index (χ4v) is 0.993. The Bertz CT molecular complexity index is 253. The van der Waals surface area contributed by atoms with Crippen molar-refractivity contribution >= 4 is 11.6 Å². The molecule has 0 aliphatic carbocycles. The molecule has 5 heteroatoms. The standard InChI is InChI=1S/C9H13ClN2O2/c1-13-3-2-4-14-7-8-5-12-9(10)6-11-8/h5-6H,2-4,7H2,1H3. The number of nitrogens with zero attached hydrogens (tertiary/aromatic N) is 2. The topological polar surface area (TPSA) is 44.2 Å². The van der Waals surface area contributed by atoms with Gasteiger partial charge >= 0.3 is 0 Å². The van der Waals surface area contributed by atoms with Gasteiger partial charge in [-0.15, -0.1) is 0 Å². The van der Waals surface area contributed by atoms with Gasteiger partial charge in [0, 0.05) is 20.3 Å². The van der Waals surface area contributed by atoms with Gasteiger partial charge in [-0.1, -0.05) is 11.6 Å². The molecule has 0 amide bonds. The maximum Gasteiger partial charge on any atom is 0.147 e. The summed E-state index contributed by atoms with van der Waals surface area (Å²) in [5.74, 6) is 0. The van der Waals surface area contributed by atoms with Gasteiger partial charge in [-0.05, 0) is 6.42 Å². The summed E-state index contributed by atoms with van der Waals surface area (Å²) in [5.41, 5.74) is 0.784. The first-order valence-electron chi connectivity index (χ1n) is 4.36. The smallest absolute Gasteiger partial charge is 0.147 e. The van der Waals surface area contributed by atoms with E-state index < -0.39 is 0 Å². The predicted octanol–water partition coefficient (Wildman–Crippen LogP) is 1.68. The zero-order valence-corrected chi connectivity index (χ0v) is 8.83. The molecule has 0 fully saturated rings. The van der Waals surface area contributed by atoms with Gasteiger partial charge in [-0.25, -0.2) is 4.98 Å². The number of aromatic nitrogens is 2. The lowest BCUT2D eigenvalue weighted by Crippen LogP contribution is -2.01. The molecule has 0 radical (unpaired) electrons. The minimum atomic E-state index is 0.396. The summed E-state index contributed by atoms with van der Waals surface area (Å²) >= 11 is 5.58. The summed E-state index contributed by atoms with van der Waals surface area (Å²) in [7, 11) is 1.67. The minimum absolute atomic E-state index is 0.396. The van der Waals surface area contributed by atoms with Gasteiger partial charge in [0.1, 0.15) is 5.15 Å². The average Bonchev–Trinajstić information content (AvgIpc) is 2.21. The van der Waals surface area contributed by atoms with Crippen molar-refractivity contribution in [2.75, 3.05) is 20.3 Å². The summed E-state index contributed by atoms with van der Waals surface area (Å²) < 4.78 is 10.2. The van der Waals surface area contributed by atoms with Crippen molar-refractivity contribution < 1.29 is 9.47 Å². The lowest BCUT2D eigenvalue weighted by molar-refractivity contribution is 0.0909. The highest BCUT2D eigenvalue weighted by atomic mass is 35.5. The summed E-state index contributed by atoms with van der Waals surface area (Å²) in [5, 5.41) is 0.396. The van der Waals surface area contributed by atoms with E-state index >= 15 is 0 Å². The van der Waals surface area contributed by atoms with Crippen LogP contribution in [-0.2, 0) is 16.1 Å². The molecule has 0 saturated heterocycles. The molecule has 1 aromatic heterocycles. The van der Waals surface area contributed by atoms with Crippen molar-refractivity contribution in [1.29, 1.82) is 0 Å². The molecule has 0 saturated carbocycles. The normalized spacial score (nSPS) is 10.4. The van der Waals surface area contributed by atoms with Gasteiger partial charge in [0.2, 0.25) is 0 Å². The molecule has 0 N–H and O–H groups in total. The van der Waals surface area contributed by atoms with E-state index in [0.717, 1.165) is 12.1 Å². The maximum absolute atomic E-state index is 5.58. The first-order chi connectivity index (χ1) is 6.83. The quantitative estimate of drug-likeness (QED) is 0.679. The van der Waals surface area contributed by atoms with Gasteiger partial charge in [0.05, 0.1) is 24.7 Å². The van der Waals surface area contributed by atoms with Crippen LogP contribution in [0.3, 0.4) is 0 Å². The van der Waals surface area contributed by atoms with E-state index in [-0.39, 0.29) is 0 Å². The van der Waals surface area contributed by atoms with E-state index in [2.05, 4.69) is 9.97 Å². The molecule has 4 nitrogen and oxygen atoms in total. The predicted molar refractivity (Wildman–Crippen MR) is 53.2 cm³/mol. The first-order valence-corrected chi connectivity index (χ1v) is 4.74. The van der Waals surface area contributed by atoms with Crippen molar-refractivity contribution in [1.82, 2.24) is 9.97 Å². The second-order valence-corrected chi connectivity index (χ2v) is 3.12. The molecule has 0 aliphatic rings. The minimum Gasteiger partial charge on any atom is -0.385 e. The van der Waals surface area contributed by atoms with Crippen molar-refractivity contribution in [3.05, 3.63) is 23.2 Å². The first kappa shape index (κ1) is 11.4. The molecular formula is C9H13ClN2O2. The molecule has 0 unspecified atom stereocenters. The molecule has 0 atom stereocenters. The Morgan fingerprint density at radius 3 is 2.79 bits per heavy atom. The van der Waals surface area contributed by atoms with Crippen LogP contribution in [0.25, 0.3) is 0 Å². The van der Waals surface area contributed by atoms with Crippen LogP contribution in [0.5, 0.6) is 0 Å². The summed E-state index contributed by atoms with van der Waals surface area (Å²) in [6.45, 7) is 1.85. The number of rotatable bonds is 6. The average molecular weight is 217 g/mol. The van der Waals surface area contributed by atoms with E-state index in [4.69, 9.17) is 21.1 Å². The van der Waals surface area contributed by atoms with Crippen LogP contribution in [-0.4, -0.2) is 30.3 Å². The van der Waals surface area contributed by atoms with E-state index in [9.17, 15) is 0 Å². The Balaban J connectivity index is 2.15. The van der Waals surface area contributed by atoms with Gasteiger partial charge in [0.15, 0.2) is 0 Å². The van der Waals surface area contributed by atoms with Gasteiger partial charge < -0.3 is 9.47 Å². The van der Waals surface area contributed by atoms with Crippen LogP contribution in [0, 0.1) is 0 Å². The Hall–Kier alpha value is -0.710. The van der Waals surface area contributed by atoms with Crippen LogP contribution in [0.1, 0.15) is 12.1 Å². The van der Waals surface area contributed by atoms with Crippen molar-refractivity contribution in [2.24, 2.45) is 0 Å². The van der Waals surface area contributed by atoms with Crippen LogP contribution >= 0.6 is 11.6 Å². The summed E-state index contributed by atoms with van der Waals surface area (Å²) in [6, 6.07) is 0. The van der Waals surface area contributed by atoms with Crippen LogP contribution < -0.4 is 0 Å². The SMILES string of the molecule is COCCCOCc1cnc(Cl)cn1. The highest BCUT2D eigenvalue weighted by molar-refractivity contribution is 6.29. The third-order valence-electron chi connectivity index (χ3n) is 1.56. The summed E-state index contributed by atoms with van der Waals surface area (Å²) in [6.07, 6.45) is 4.01. The fraction of sp³-hybridized carbons (Fsp3) is 0.556. The zero-order chi connectivity index (χ0) is 10.2. The van der Waals surface area contributed by atoms with Crippen molar-refractivity contribution in [3.63, 3.8) is 0 Å². The Morgan fingerprint density at radius 1 is 1.29 bits per heavy atom. The molecule has 1 aromatic rings. The lowest BCUT2D eigenvalue weighted by Gasteiger charge is -2.02. The molecule has 1 heterocycles. The third kappa shape index (κ3) is 4.50. The molecule has 0 aromatic carbocycles. The highest BCUT2D eigenvalue weighted by Gasteiger charge is 1.95. The molecule has 0 bridgehead atoms. The number of hydrogen-bond acceptors (Lipinski definition) is 4. The van der Waals surface area contributed by atoms with Crippen molar-refractivity contribution in [3.8, 4) is 0 Å². The van der Waals surface area contributed by atoms with Crippen LogP contribution in [0.4, 0.5) is 0 Å². The van der Waals surface area contributed by atoms with Crippen molar-refractivity contribution in [2.45, 2.75) is 13.0 Å². The number of methoxy groups -OCH3 is 1. The molecule has 0 aliphatic heterocycles. The lowest BCUT2D eigenvalue weighted by atomic mass is 10.4. The largest absolute Gasteiger partial charge is 0.385 e. The molecule has 14 heavy (non-hydrogen) atoms. The second-order valence-electron chi connectivity index (χ2n) is 2.73. The van der Waals surface area contributed by atoms with E-state index in [1.165, 1.54) is 6.20 Å². The Morgan fingerprint density at radius 2 is 2.14 bits per heavy atom. The maximum atomic E-state index is 5.58. The molecule has 78 valence electrons. The van der Waals surface area contributed by atoms with E-state index in [0.29, 0.717) is 25.0 Å². The monoisotopic (exact) mass is 216 g/mol. The van der Waals surface area contributed by atoms with Gasteiger partial charge in [-0.2, -0.15) is 0 Å². The fourth-order valence-electron chi connectivity index (χ4n) is 0.896.